The van der Waals surface area contributed by atoms with Crippen molar-refractivity contribution in [2.45, 2.75) is 0 Å². The van der Waals surface area contributed by atoms with Crippen LogP contribution >= 0.6 is 0 Å². The zero-order chi connectivity index (χ0) is 6.50. The van der Waals surface area contributed by atoms with Gasteiger partial charge < -0.3 is 0 Å². The maximum absolute atomic E-state index is 9.63. The van der Waals surface area contributed by atoms with Gasteiger partial charge in [0.1, 0.15) is 9.84 Å². The predicted molar refractivity (Wildman–Crippen MR) is 32.0 cm³/mol. The molecule has 0 saturated carbocycles. The molecule has 0 fully saturated rings. The van der Waals surface area contributed by atoms with Crippen LogP contribution < -0.4 is 0 Å². The van der Waals surface area contributed by atoms with Crippen LogP contribution in [0, 0.1) is 0 Å². The van der Waals surface area contributed by atoms with Gasteiger partial charge >= 0.3 is 0 Å². The van der Waals surface area contributed by atoms with E-state index < -0.39 is 9.84 Å². The Morgan fingerprint density at radius 2 is 1.14 bits per heavy atom. The third kappa shape index (κ3) is 806. The van der Waals surface area contributed by atoms with E-state index in [0.717, 1.165) is 12.5 Å². The van der Waals surface area contributed by atoms with Crippen LogP contribution in [-0.2, 0) is 9.84 Å². The maximum atomic E-state index is 9.63. The molecular weight excluding hydrogens is 112 g/mol. The fraction of sp³-hybridized carbons (Fsp3) is 0.500. The van der Waals surface area contributed by atoms with Gasteiger partial charge in [0.05, 0.1) is 0 Å². The van der Waals surface area contributed by atoms with Gasteiger partial charge in [-0.2, -0.15) is 0 Å². The van der Waals surface area contributed by atoms with Crippen molar-refractivity contribution in [3.63, 3.8) is 0 Å². The van der Waals surface area contributed by atoms with Gasteiger partial charge in [0.2, 0.25) is 0 Å². The summed E-state index contributed by atoms with van der Waals surface area (Å²) in [6, 6.07) is 0. The van der Waals surface area contributed by atoms with Crippen LogP contribution in [0.2, 0.25) is 0 Å². The summed E-state index contributed by atoms with van der Waals surface area (Å²) >= 11 is 0. The van der Waals surface area contributed by atoms with Gasteiger partial charge in [0.25, 0.3) is 0 Å². The maximum Gasteiger partial charge on any atom is 0.144 e. The first kappa shape index (κ1) is 9.85. The third-order valence-corrected chi connectivity index (χ3v) is 0. The Morgan fingerprint density at radius 1 is 1.14 bits per heavy atom. The molecule has 0 radical (unpaired) electrons. The van der Waals surface area contributed by atoms with Crippen molar-refractivity contribution in [3.8, 4) is 0 Å². The van der Waals surface area contributed by atoms with E-state index in [4.69, 9.17) is 0 Å². The lowest BCUT2D eigenvalue weighted by Crippen LogP contribution is -1.86. The Labute approximate surface area is 44.8 Å². The highest BCUT2D eigenvalue weighted by molar-refractivity contribution is 7.89. The molecule has 0 aliphatic rings. The van der Waals surface area contributed by atoms with Crippen LogP contribution in [0.25, 0.3) is 0 Å². The second-order valence-corrected chi connectivity index (χ2v) is 3.43. The summed E-state index contributed by atoms with van der Waals surface area (Å²) in [5, 5.41) is 0. The predicted octanol–water partition coefficient (Wildman–Crippen LogP) is 0.463. The van der Waals surface area contributed by atoms with Crippen molar-refractivity contribution in [1.82, 2.24) is 0 Å². The molecule has 0 rings (SSSR count). The first-order valence-electron chi connectivity index (χ1n) is 1.65. The fourth-order valence-electron chi connectivity index (χ4n) is 0. The van der Waals surface area contributed by atoms with Crippen LogP contribution in [0.15, 0.2) is 13.2 Å². The van der Waals surface area contributed by atoms with E-state index in [0.29, 0.717) is 0 Å². The van der Waals surface area contributed by atoms with Gasteiger partial charge in [-0.1, -0.05) is 0 Å². The normalized spacial score (nSPS) is 8.86. The molecule has 0 bridgehead atoms. The molecule has 44 valence electrons. The molecule has 0 amide bonds. The zero-order valence-corrected chi connectivity index (χ0v) is 5.46. The lowest BCUT2D eigenvalue weighted by atomic mass is 11.3. The molecule has 3 heteroatoms. The summed E-state index contributed by atoms with van der Waals surface area (Å²) in [5.74, 6) is 0. The highest BCUT2D eigenvalue weighted by Crippen LogP contribution is 1.61. The van der Waals surface area contributed by atoms with Crippen molar-refractivity contribution in [2.24, 2.45) is 0 Å². The lowest BCUT2D eigenvalue weighted by Gasteiger charge is -1.69. The van der Waals surface area contributed by atoms with E-state index in [9.17, 15) is 8.42 Å². The molecule has 0 aromatic heterocycles. The van der Waals surface area contributed by atoms with Crippen molar-refractivity contribution in [1.29, 1.82) is 0 Å². The van der Waals surface area contributed by atoms with Crippen molar-refractivity contribution < 1.29 is 8.42 Å². The molecule has 0 aliphatic carbocycles. The summed E-state index contributed by atoms with van der Waals surface area (Å²) < 4.78 is 19.3. The van der Waals surface area contributed by atoms with E-state index in [2.05, 4.69) is 13.2 Å². The minimum atomic E-state index is -2.67. The van der Waals surface area contributed by atoms with Crippen LogP contribution in [0.1, 0.15) is 0 Å². The SMILES string of the molecule is C=C.CS(C)(=O)=O. The molecule has 7 heavy (non-hydrogen) atoms. The standard InChI is InChI=1S/C2H6O2S.C2H4/c1-5(2,3)4;1-2/h1-2H3;1-2H2. The molecule has 0 aromatic rings. The number of sulfone groups is 1. The molecule has 0 unspecified atom stereocenters. The van der Waals surface area contributed by atoms with Crippen LogP contribution in [0.3, 0.4) is 0 Å². The number of hydrogen-bond acceptors (Lipinski definition) is 2. The second-order valence-electron chi connectivity index (χ2n) is 1.14. The highest BCUT2D eigenvalue weighted by Gasteiger charge is 1.79. The van der Waals surface area contributed by atoms with E-state index in [1.807, 2.05) is 0 Å². The van der Waals surface area contributed by atoms with Crippen molar-refractivity contribution >= 4 is 9.84 Å². The Kier molecular flexibility index (Phi) is 5.44. The topological polar surface area (TPSA) is 34.1 Å². The molecule has 0 spiro atoms. The van der Waals surface area contributed by atoms with Crippen LogP contribution in [0.5, 0.6) is 0 Å². The Balaban J connectivity index is 0. The second kappa shape index (κ2) is 3.87. The minimum Gasteiger partial charge on any atom is -0.229 e. The largest absolute Gasteiger partial charge is 0.229 e. The highest BCUT2D eigenvalue weighted by atomic mass is 32.2. The van der Waals surface area contributed by atoms with E-state index in [1.165, 1.54) is 0 Å². The summed E-state index contributed by atoms with van der Waals surface area (Å²) in [5.41, 5.74) is 0. The molecule has 2 nitrogen and oxygen atoms in total. The minimum absolute atomic E-state index is 1.16. The van der Waals surface area contributed by atoms with Gasteiger partial charge in [-0.05, 0) is 0 Å². The monoisotopic (exact) mass is 122 g/mol. The zero-order valence-electron chi connectivity index (χ0n) is 4.64. The smallest absolute Gasteiger partial charge is 0.144 e. The molecule has 0 aliphatic heterocycles. The Morgan fingerprint density at radius 3 is 1.14 bits per heavy atom. The summed E-state index contributed by atoms with van der Waals surface area (Å²) in [7, 11) is -2.67. The first-order valence-corrected chi connectivity index (χ1v) is 3.95. The summed E-state index contributed by atoms with van der Waals surface area (Å²) in [6.07, 6.45) is 2.32. The number of rotatable bonds is 0. The van der Waals surface area contributed by atoms with Crippen molar-refractivity contribution in [3.05, 3.63) is 13.2 Å². The van der Waals surface area contributed by atoms with Gasteiger partial charge in [0.15, 0.2) is 0 Å². The molecule has 0 heterocycles. The lowest BCUT2D eigenvalue weighted by molar-refractivity contribution is 0.607. The van der Waals surface area contributed by atoms with E-state index >= 15 is 0 Å². The molecule has 0 saturated heterocycles. The molecular formula is C4H10O2S. The summed E-state index contributed by atoms with van der Waals surface area (Å²) in [4.78, 5) is 0. The van der Waals surface area contributed by atoms with Gasteiger partial charge in [0, 0.05) is 12.5 Å². The average Bonchev–Trinajstić information content (AvgIpc) is 1.36. The molecule has 0 aromatic carbocycles. The fourth-order valence-corrected chi connectivity index (χ4v) is 0. The van der Waals surface area contributed by atoms with Gasteiger partial charge in [-0.25, -0.2) is 8.42 Å². The van der Waals surface area contributed by atoms with E-state index in [1.54, 1.807) is 0 Å². The quantitative estimate of drug-likeness (QED) is 0.437. The molecule has 0 atom stereocenters. The van der Waals surface area contributed by atoms with Crippen molar-refractivity contribution in [2.75, 3.05) is 12.5 Å². The Hall–Kier alpha value is -0.310. The van der Waals surface area contributed by atoms with Gasteiger partial charge in [-0.3, -0.25) is 0 Å². The Bertz CT molecular complexity index is 104. The van der Waals surface area contributed by atoms with Crippen LogP contribution in [-0.4, -0.2) is 20.9 Å². The van der Waals surface area contributed by atoms with E-state index in [-0.39, 0.29) is 0 Å². The molecule has 0 N–H and O–H groups in total. The van der Waals surface area contributed by atoms with Gasteiger partial charge in [-0.15, -0.1) is 13.2 Å². The first-order chi connectivity index (χ1) is 3.00. The number of hydrogen-bond donors (Lipinski definition) is 0. The van der Waals surface area contributed by atoms with Crippen LogP contribution in [0.4, 0.5) is 0 Å². The third-order valence-electron chi connectivity index (χ3n) is 0. The summed E-state index contributed by atoms with van der Waals surface area (Å²) in [6.45, 7) is 6.00. The average molecular weight is 122 g/mol.